The third-order valence-electron chi connectivity index (χ3n) is 2.90. The molecule has 0 N–H and O–H groups in total. The van der Waals surface area contributed by atoms with Crippen molar-refractivity contribution in [3.8, 4) is 0 Å². The number of benzene rings is 2. The lowest BCUT2D eigenvalue weighted by Crippen LogP contribution is -2.06. The molecule has 0 bridgehead atoms. The standard InChI is InChI=1S/C15H13BrO4S/c1-20-15(17)12-4-2-11(3-5-12)10-21(18,19)14-8-6-13(16)7-9-14/h2-9H,10H2,1H3. The van der Waals surface area contributed by atoms with E-state index >= 15 is 0 Å². The predicted octanol–water partition coefficient (Wildman–Crippen LogP) is 3.21. The molecule has 0 unspecified atom stereocenters. The largest absolute Gasteiger partial charge is 0.465 e. The van der Waals surface area contributed by atoms with E-state index in [0.29, 0.717) is 11.1 Å². The molecule has 4 nitrogen and oxygen atoms in total. The molecule has 0 aliphatic heterocycles. The van der Waals surface area contributed by atoms with E-state index in [9.17, 15) is 13.2 Å². The lowest BCUT2D eigenvalue weighted by molar-refractivity contribution is 0.0600. The van der Waals surface area contributed by atoms with Gasteiger partial charge >= 0.3 is 5.97 Å². The van der Waals surface area contributed by atoms with Crippen molar-refractivity contribution in [1.82, 2.24) is 0 Å². The highest BCUT2D eigenvalue weighted by Crippen LogP contribution is 2.19. The lowest BCUT2D eigenvalue weighted by atomic mass is 10.1. The Morgan fingerprint density at radius 3 is 2.14 bits per heavy atom. The first-order chi connectivity index (χ1) is 9.92. The number of ether oxygens (including phenoxy) is 1. The Labute approximate surface area is 131 Å². The molecule has 2 aromatic rings. The molecular weight excluding hydrogens is 356 g/mol. The second-order valence-electron chi connectivity index (χ2n) is 4.40. The van der Waals surface area contributed by atoms with Crippen LogP contribution in [-0.2, 0) is 20.3 Å². The van der Waals surface area contributed by atoms with E-state index in [-0.39, 0.29) is 10.6 Å². The summed E-state index contributed by atoms with van der Waals surface area (Å²) in [4.78, 5) is 11.6. The molecule has 0 aromatic heterocycles. The SMILES string of the molecule is COC(=O)c1ccc(CS(=O)(=O)c2ccc(Br)cc2)cc1. The van der Waals surface area contributed by atoms with E-state index in [1.54, 1.807) is 48.5 Å². The third-order valence-corrected chi connectivity index (χ3v) is 5.14. The summed E-state index contributed by atoms with van der Waals surface area (Å²) in [5, 5.41) is 0. The Hall–Kier alpha value is -1.66. The molecule has 0 amide bonds. The number of methoxy groups -OCH3 is 1. The Balaban J connectivity index is 2.20. The van der Waals surface area contributed by atoms with Gasteiger partial charge in [-0.2, -0.15) is 0 Å². The van der Waals surface area contributed by atoms with E-state index in [1.807, 2.05) is 0 Å². The zero-order chi connectivity index (χ0) is 15.5. The second kappa shape index (κ2) is 6.41. The molecule has 6 heteroatoms. The molecule has 2 aromatic carbocycles. The van der Waals surface area contributed by atoms with Gasteiger partial charge < -0.3 is 4.74 Å². The molecule has 0 aliphatic rings. The Morgan fingerprint density at radius 2 is 1.62 bits per heavy atom. The van der Waals surface area contributed by atoms with Crippen LogP contribution in [0.3, 0.4) is 0 Å². The molecule has 0 radical (unpaired) electrons. The van der Waals surface area contributed by atoms with Crippen LogP contribution in [0.25, 0.3) is 0 Å². The number of sulfone groups is 1. The third kappa shape index (κ3) is 3.92. The number of carbonyl (C=O) groups excluding carboxylic acids is 1. The maximum absolute atomic E-state index is 12.3. The van der Waals surface area contributed by atoms with Gasteiger partial charge in [0.15, 0.2) is 9.84 Å². The molecule has 0 fully saturated rings. The van der Waals surface area contributed by atoms with Gasteiger partial charge in [0.2, 0.25) is 0 Å². The molecule has 21 heavy (non-hydrogen) atoms. The van der Waals surface area contributed by atoms with Gasteiger partial charge in [-0.15, -0.1) is 0 Å². The molecule has 0 saturated heterocycles. The van der Waals surface area contributed by atoms with Crippen LogP contribution in [0, 0.1) is 0 Å². The molecule has 0 spiro atoms. The molecule has 0 atom stereocenters. The monoisotopic (exact) mass is 368 g/mol. The van der Waals surface area contributed by atoms with Crippen LogP contribution in [0.2, 0.25) is 0 Å². The van der Waals surface area contributed by atoms with Crippen molar-refractivity contribution in [1.29, 1.82) is 0 Å². The van der Waals surface area contributed by atoms with Gasteiger partial charge in [-0.05, 0) is 42.0 Å². The minimum atomic E-state index is -3.41. The molecule has 110 valence electrons. The maximum Gasteiger partial charge on any atom is 0.337 e. The number of esters is 1. The fourth-order valence-corrected chi connectivity index (χ4v) is 3.41. The predicted molar refractivity (Wildman–Crippen MR) is 82.8 cm³/mol. The van der Waals surface area contributed by atoms with Crippen LogP contribution < -0.4 is 0 Å². The fourth-order valence-electron chi connectivity index (χ4n) is 1.80. The maximum atomic E-state index is 12.3. The van der Waals surface area contributed by atoms with Crippen LogP contribution in [0.5, 0.6) is 0 Å². The van der Waals surface area contributed by atoms with Crippen LogP contribution in [0.4, 0.5) is 0 Å². The van der Waals surface area contributed by atoms with Crippen molar-refractivity contribution in [3.63, 3.8) is 0 Å². The quantitative estimate of drug-likeness (QED) is 0.777. The van der Waals surface area contributed by atoms with Gasteiger partial charge in [-0.1, -0.05) is 28.1 Å². The van der Waals surface area contributed by atoms with E-state index in [0.717, 1.165) is 4.47 Å². The van der Waals surface area contributed by atoms with Gasteiger partial charge in [0.05, 0.1) is 23.3 Å². The summed E-state index contributed by atoms with van der Waals surface area (Å²) in [6, 6.07) is 12.8. The van der Waals surface area contributed by atoms with E-state index < -0.39 is 15.8 Å². The number of hydrogen-bond donors (Lipinski definition) is 0. The summed E-state index contributed by atoms with van der Waals surface area (Å²) in [7, 11) is -2.11. The molecule has 0 aliphatic carbocycles. The molecular formula is C15H13BrO4S. The van der Waals surface area contributed by atoms with Crippen molar-refractivity contribution in [3.05, 3.63) is 64.1 Å². The first-order valence-corrected chi connectivity index (χ1v) is 8.52. The summed E-state index contributed by atoms with van der Waals surface area (Å²) in [5.41, 5.74) is 1.01. The summed E-state index contributed by atoms with van der Waals surface area (Å²) in [6.45, 7) is 0. The van der Waals surface area contributed by atoms with Crippen LogP contribution in [0.15, 0.2) is 57.9 Å². The molecule has 2 rings (SSSR count). The van der Waals surface area contributed by atoms with Crippen LogP contribution >= 0.6 is 15.9 Å². The number of rotatable bonds is 4. The Bertz CT molecular complexity index is 734. The number of halogens is 1. The van der Waals surface area contributed by atoms with Crippen molar-refractivity contribution in [2.75, 3.05) is 7.11 Å². The minimum absolute atomic E-state index is 0.115. The highest BCUT2D eigenvalue weighted by molar-refractivity contribution is 9.10. The first kappa shape index (κ1) is 15.7. The highest BCUT2D eigenvalue weighted by atomic mass is 79.9. The first-order valence-electron chi connectivity index (χ1n) is 6.08. The van der Waals surface area contributed by atoms with Gasteiger partial charge in [0.1, 0.15) is 0 Å². The van der Waals surface area contributed by atoms with Gasteiger partial charge in [0, 0.05) is 4.47 Å². The number of carbonyl (C=O) groups is 1. The van der Waals surface area contributed by atoms with Crippen LogP contribution in [-0.4, -0.2) is 21.5 Å². The van der Waals surface area contributed by atoms with Crippen molar-refractivity contribution in [2.45, 2.75) is 10.6 Å². The number of hydrogen-bond acceptors (Lipinski definition) is 4. The zero-order valence-electron chi connectivity index (χ0n) is 11.2. The van der Waals surface area contributed by atoms with Gasteiger partial charge in [0.25, 0.3) is 0 Å². The average molecular weight is 369 g/mol. The van der Waals surface area contributed by atoms with Gasteiger partial charge in [-0.3, -0.25) is 0 Å². The van der Waals surface area contributed by atoms with E-state index in [1.165, 1.54) is 7.11 Å². The van der Waals surface area contributed by atoms with Gasteiger partial charge in [-0.25, -0.2) is 13.2 Å². The molecule has 0 heterocycles. The smallest absolute Gasteiger partial charge is 0.337 e. The molecule has 0 saturated carbocycles. The summed E-state index contributed by atoms with van der Waals surface area (Å²) < 4.78 is 30.0. The topological polar surface area (TPSA) is 60.4 Å². The highest BCUT2D eigenvalue weighted by Gasteiger charge is 2.15. The van der Waals surface area contributed by atoms with Crippen LogP contribution in [0.1, 0.15) is 15.9 Å². The Kier molecular flexibility index (Phi) is 4.80. The minimum Gasteiger partial charge on any atom is -0.465 e. The zero-order valence-corrected chi connectivity index (χ0v) is 13.6. The normalized spacial score (nSPS) is 11.1. The summed E-state index contributed by atoms with van der Waals surface area (Å²) in [5.74, 6) is -0.562. The summed E-state index contributed by atoms with van der Waals surface area (Å²) in [6.07, 6.45) is 0. The average Bonchev–Trinajstić information content (AvgIpc) is 2.47. The summed E-state index contributed by atoms with van der Waals surface area (Å²) >= 11 is 3.27. The Morgan fingerprint density at radius 1 is 1.05 bits per heavy atom. The van der Waals surface area contributed by atoms with Crippen molar-refractivity contribution >= 4 is 31.7 Å². The van der Waals surface area contributed by atoms with Crippen molar-refractivity contribution < 1.29 is 17.9 Å². The van der Waals surface area contributed by atoms with Crippen molar-refractivity contribution in [2.24, 2.45) is 0 Å². The van der Waals surface area contributed by atoms with E-state index in [2.05, 4.69) is 20.7 Å². The lowest BCUT2D eigenvalue weighted by Gasteiger charge is -2.06. The second-order valence-corrected chi connectivity index (χ2v) is 7.31. The fraction of sp³-hybridized carbons (Fsp3) is 0.133. The van der Waals surface area contributed by atoms with E-state index in [4.69, 9.17) is 0 Å².